The molecule has 1 saturated heterocycles. The molecule has 2 atom stereocenters. The van der Waals surface area contributed by atoms with Crippen LogP contribution in [-0.4, -0.2) is 34.3 Å². The van der Waals surface area contributed by atoms with Crippen molar-refractivity contribution in [3.8, 4) is 0 Å². The fourth-order valence-electron chi connectivity index (χ4n) is 2.25. The Balaban J connectivity index is 1.92. The van der Waals surface area contributed by atoms with Crippen molar-refractivity contribution in [1.29, 1.82) is 0 Å². The molecule has 1 aromatic heterocycles. The fraction of sp³-hybridized carbons (Fsp3) is 0.533. The van der Waals surface area contributed by atoms with Crippen molar-refractivity contribution >= 4 is 11.8 Å². The molecule has 0 saturated carbocycles. The zero-order valence-electron chi connectivity index (χ0n) is 12.0. The number of likely N-dealkylation sites (tertiary alicyclic amines) is 1. The normalized spacial score (nSPS) is 20.0. The third-order valence-corrected chi connectivity index (χ3v) is 3.67. The summed E-state index contributed by atoms with van der Waals surface area (Å²) in [6.07, 6.45) is 2.90. The summed E-state index contributed by atoms with van der Waals surface area (Å²) in [7, 11) is 0. The van der Waals surface area contributed by atoms with Gasteiger partial charge in [0.15, 0.2) is 0 Å². The molecule has 108 valence electrons. The number of carbonyl (C=O) groups is 2. The van der Waals surface area contributed by atoms with Crippen LogP contribution < -0.4 is 5.32 Å². The van der Waals surface area contributed by atoms with Gasteiger partial charge in [-0.1, -0.05) is 13.0 Å². The van der Waals surface area contributed by atoms with Crippen LogP contribution >= 0.6 is 0 Å². The smallest absolute Gasteiger partial charge is 0.225 e. The Hall–Kier alpha value is -1.91. The standard InChI is InChI=1S/C15H21N3O2/c1-3-11(2)17-15(20)12-8-14(19)18(9-12)10-13-6-4-5-7-16-13/h4-7,11-12H,3,8-10H2,1-2H3,(H,17,20). The van der Waals surface area contributed by atoms with Gasteiger partial charge < -0.3 is 10.2 Å². The molecule has 0 radical (unpaired) electrons. The number of hydrogen-bond acceptors (Lipinski definition) is 3. The van der Waals surface area contributed by atoms with Crippen LogP contribution in [-0.2, 0) is 16.1 Å². The van der Waals surface area contributed by atoms with Gasteiger partial charge in [0.25, 0.3) is 0 Å². The van der Waals surface area contributed by atoms with E-state index in [-0.39, 0.29) is 23.8 Å². The number of pyridine rings is 1. The van der Waals surface area contributed by atoms with E-state index >= 15 is 0 Å². The lowest BCUT2D eigenvalue weighted by Crippen LogP contribution is -2.38. The molecule has 0 aliphatic carbocycles. The first-order valence-electron chi connectivity index (χ1n) is 7.08. The Morgan fingerprint density at radius 3 is 3.00 bits per heavy atom. The first-order chi connectivity index (χ1) is 9.60. The van der Waals surface area contributed by atoms with Gasteiger partial charge in [-0.25, -0.2) is 0 Å². The highest BCUT2D eigenvalue weighted by Gasteiger charge is 2.34. The summed E-state index contributed by atoms with van der Waals surface area (Å²) in [4.78, 5) is 29.9. The molecule has 2 heterocycles. The summed E-state index contributed by atoms with van der Waals surface area (Å²) >= 11 is 0. The number of nitrogens with one attached hydrogen (secondary N) is 1. The summed E-state index contributed by atoms with van der Waals surface area (Å²) in [5, 5.41) is 2.94. The van der Waals surface area contributed by atoms with E-state index in [0.29, 0.717) is 19.5 Å². The average Bonchev–Trinajstić information content (AvgIpc) is 2.81. The van der Waals surface area contributed by atoms with E-state index in [1.807, 2.05) is 32.0 Å². The summed E-state index contributed by atoms with van der Waals surface area (Å²) < 4.78 is 0. The SMILES string of the molecule is CCC(C)NC(=O)C1CC(=O)N(Cc2ccccn2)C1. The summed E-state index contributed by atoms with van der Waals surface area (Å²) in [6, 6.07) is 5.79. The third kappa shape index (κ3) is 3.56. The topological polar surface area (TPSA) is 62.3 Å². The van der Waals surface area contributed by atoms with Gasteiger partial charge in [0, 0.05) is 25.2 Å². The molecule has 2 unspecified atom stereocenters. The second-order valence-corrected chi connectivity index (χ2v) is 5.31. The molecule has 5 heteroatoms. The van der Waals surface area contributed by atoms with Gasteiger partial charge in [0.2, 0.25) is 11.8 Å². The van der Waals surface area contributed by atoms with Gasteiger partial charge in [-0.3, -0.25) is 14.6 Å². The predicted octanol–water partition coefficient (Wildman–Crippen LogP) is 1.34. The molecule has 1 aromatic rings. The van der Waals surface area contributed by atoms with Crippen LogP contribution in [0.5, 0.6) is 0 Å². The highest BCUT2D eigenvalue weighted by Crippen LogP contribution is 2.20. The van der Waals surface area contributed by atoms with Gasteiger partial charge in [0.1, 0.15) is 0 Å². The minimum Gasteiger partial charge on any atom is -0.353 e. The minimum atomic E-state index is -0.236. The largest absolute Gasteiger partial charge is 0.353 e. The van der Waals surface area contributed by atoms with Crippen molar-refractivity contribution in [1.82, 2.24) is 15.2 Å². The van der Waals surface area contributed by atoms with Crippen LogP contribution in [0.4, 0.5) is 0 Å². The van der Waals surface area contributed by atoms with Crippen molar-refractivity contribution in [3.05, 3.63) is 30.1 Å². The quantitative estimate of drug-likeness (QED) is 0.882. The first kappa shape index (κ1) is 14.5. The Morgan fingerprint density at radius 1 is 1.55 bits per heavy atom. The molecular formula is C15H21N3O2. The van der Waals surface area contributed by atoms with Gasteiger partial charge in [-0.05, 0) is 25.5 Å². The van der Waals surface area contributed by atoms with E-state index in [1.165, 1.54) is 0 Å². The number of hydrogen-bond donors (Lipinski definition) is 1. The Bertz CT molecular complexity index is 475. The average molecular weight is 275 g/mol. The van der Waals surface area contributed by atoms with Crippen LogP contribution in [0.3, 0.4) is 0 Å². The van der Waals surface area contributed by atoms with Crippen LogP contribution in [0, 0.1) is 5.92 Å². The van der Waals surface area contributed by atoms with Gasteiger partial charge in [-0.2, -0.15) is 0 Å². The molecule has 5 nitrogen and oxygen atoms in total. The van der Waals surface area contributed by atoms with E-state index < -0.39 is 0 Å². The number of rotatable bonds is 5. The maximum Gasteiger partial charge on any atom is 0.225 e. The Morgan fingerprint density at radius 2 is 2.35 bits per heavy atom. The number of aromatic nitrogens is 1. The molecule has 2 rings (SSSR count). The van der Waals surface area contributed by atoms with Gasteiger partial charge >= 0.3 is 0 Å². The van der Waals surface area contributed by atoms with Crippen LogP contribution in [0.1, 0.15) is 32.4 Å². The van der Waals surface area contributed by atoms with Crippen LogP contribution in [0.2, 0.25) is 0 Å². The monoisotopic (exact) mass is 275 g/mol. The summed E-state index contributed by atoms with van der Waals surface area (Å²) in [5.41, 5.74) is 0.851. The highest BCUT2D eigenvalue weighted by atomic mass is 16.2. The fourth-order valence-corrected chi connectivity index (χ4v) is 2.25. The van der Waals surface area contributed by atoms with E-state index in [2.05, 4.69) is 10.3 Å². The second kappa shape index (κ2) is 6.50. The number of nitrogens with zero attached hydrogens (tertiary/aromatic N) is 2. The zero-order chi connectivity index (χ0) is 14.5. The molecule has 20 heavy (non-hydrogen) atoms. The molecule has 0 aromatic carbocycles. The zero-order valence-corrected chi connectivity index (χ0v) is 12.0. The van der Waals surface area contributed by atoms with Crippen molar-refractivity contribution in [3.63, 3.8) is 0 Å². The Kier molecular flexibility index (Phi) is 4.71. The Labute approximate surface area is 119 Å². The van der Waals surface area contributed by atoms with Crippen molar-refractivity contribution in [2.45, 2.75) is 39.3 Å². The minimum absolute atomic E-state index is 0.0174. The van der Waals surface area contributed by atoms with E-state index in [4.69, 9.17) is 0 Å². The molecular weight excluding hydrogens is 254 g/mol. The molecule has 1 N–H and O–H groups in total. The van der Waals surface area contributed by atoms with Crippen LogP contribution in [0.15, 0.2) is 24.4 Å². The molecule has 0 spiro atoms. The van der Waals surface area contributed by atoms with Gasteiger partial charge in [-0.15, -0.1) is 0 Å². The van der Waals surface area contributed by atoms with Crippen LogP contribution in [0.25, 0.3) is 0 Å². The summed E-state index contributed by atoms with van der Waals surface area (Å²) in [6.45, 7) is 4.96. The third-order valence-electron chi connectivity index (χ3n) is 3.67. The lowest BCUT2D eigenvalue weighted by molar-refractivity contribution is -0.129. The van der Waals surface area contributed by atoms with Gasteiger partial charge in [0.05, 0.1) is 18.2 Å². The van der Waals surface area contributed by atoms with E-state index in [0.717, 1.165) is 12.1 Å². The lowest BCUT2D eigenvalue weighted by Gasteiger charge is -2.17. The molecule has 1 aliphatic heterocycles. The molecule has 1 fully saturated rings. The molecule has 2 amide bonds. The summed E-state index contributed by atoms with van der Waals surface area (Å²) in [5.74, 6) is -0.226. The predicted molar refractivity (Wildman–Crippen MR) is 75.7 cm³/mol. The first-order valence-corrected chi connectivity index (χ1v) is 7.08. The number of amides is 2. The second-order valence-electron chi connectivity index (χ2n) is 5.31. The van der Waals surface area contributed by atoms with Crippen molar-refractivity contribution in [2.75, 3.05) is 6.54 Å². The molecule has 1 aliphatic rings. The van der Waals surface area contributed by atoms with Crippen molar-refractivity contribution < 1.29 is 9.59 Å². The lowest BCUT2D eigenvalue weighted by atomic mass is 10.1. The highest BCUT2D eigenvalue weighted by molar-refractivity contribution is 5.89. The van der Waals surface area contributed by atoms with Crippen molar-refractivity contribution in [2.24, 2.45) is 5.92 Å². The number of carbonyl (C=O) groups excluding carboxylic acids is 2. The molecule has 0 bridgehead atoms. The van der Waals surface area contributed by atoms with E-state index in [9.17, 15) is 9.59 Å². The maximum absolute atomic E-state index is 12.1. The van der Waals surface area contributed by atoms with E-state index in [1.54, 1.807) is 11.1 Å². The maximum atomic E-state index is 12.1.